The monoisotopic (exact) mass is 309 g/mol. The molecule has 2 N–H and O–H groups in total. The van der Waals surface area contributed by atoms with Crippen LogP contribution in [0.15, 0.2) is 35.2 Å². The molecule has 0 bridgehead atoms. The van der Waals surface area contributed by atoms with E-state index in [-0.39, 0.29) is 4.90 Å². The van der Waals surface area contributed by atoms with Gasteiger partial charge in [0.15, 0.2) is 0 Å². The highest BCUT2D eigenvalue weighted by Gasteiger charge is 2.19. The second-order valence-electron chi connectivity index (χ2n) is 5.24. The van der Waals surface area contributed by atoms with Crippen LogP contribution in [-0.2, 0) is 14.8 Å². The fourth-order valence-electron chi connectivity index (χ4n) is 2.45. The Balaban J connectivity index is 2.00. The Morgan fingerprint density at radius 1 is 1.24 bits per heavy atom. The summed E-state index contributed by atoms with van der Waals surface area (Å²) >= 11 is 0. The molecule has 0 saturated heterocycles. The van der Waals surface area contributed by atoms with Crippen LogP contribution in [0.5, 0.6) is 0 Å². The minimum Gasteiger partial charge on any atom is -0.478 e. The summed E-state index contributed by atoms with van der Waals surface area (Å²) < 4.78 is 26.9. The Morgan fingerprint density at radius 3 is 2.43 bits per heavy atom. The molecule has 0 unspecified atom stereocenters. The van der Waals surface area contributed by atoms with Gasteiger partial charge in [-0.2, -0.15) is 0 Å². The van der Waals surface area contributed by atoms with Gasteiger partial charge in [-0.05, 0) is 42.5 Å². The molecule has 0 radical (unpaired) electrons. The first-order valence-electron chi connectivity index (χ1n) is 6.98. The number of sulfonamides is 1. The van der Waals surface area contributed by atoms with E-state index in [9.17, 15) is 13.2 Å². The van der Waals surface area contributed by atoms with Crippen molar-refractivity contribution in [1.82, 2.24) is 4.72 Å². The van der Waals surface area contributed by atoms with Crippen molar-refractivity contribution in [1.29, 1.82) is 0 Å². The van der Waals surface area contributed by atoms with E-state index in [1.807, 2.05) is 0 Å². The Labute approximate surface area is 124 Å². The molecule has 0 spiro atoms. The van der Waals surface area contributed by atoms with Crippen molar-refractivity contribution in [3.8, 4) is 0 Å². The predicted octanol–water partition coefficient (Wildman–Crippen LogP) is 2.25. The molecule has 0 aromatic heterocycles. The molecule has 1 saturated carbocycles. The predicted molar refractivity (Wildman–Crippen MR) is 80.3 cm³/mol. The third-order valence-corrected chi connectivity index (χ3v) is 5.09. The van der Waals surface area contributed by atoms with Crippen LogP contribution in [-0.4, -0.2) is 26.0 Å². The summed E-state index contributed by atoms with van der Waals surface area (Å²) in [5.74, 6) is -0.595. The fraction of sp³-hybridized carbons (Fsp3) is 0.400. The molecule has 114 valence electrons. The van der Waals surface area contributed by atoms with Crippen molar-refractivity contribution < 1.29 is 18.3 Å². The number of hydrogen-bond donors (Lipinski definition) is 2. The zero-order valence-corrected chi connectivity index (χ0v) is 12.5. The summed E-state index contributed by atoms with van der Waals surface area (Å²) in [6.07, 6.45) is 6.96. The second kappa shape index (κ2) is 6.87. The van der Waals surface area contributed by atoms with Crippen LogP contribution in [0.25, 0.3) is 6.08 Å². The highest BCUT2D eigenvalue weighted by atomic mass is 32.2. The van der Waals surface area contributed by atoms with Gasteiger partial charge in [0.1, 0.15) is 0 Å². The van der Waals surface area contributed by atoms with Crippen molar-refractivity contribution >= 4 is 22.1 Å². The van der Waals surface area contributed by atoms with Crippen molar-refractivity contribution in [2.75, 3.05) is 6.54 Å². The number of carboxylic acids is 1. The van der Waals surface area contributed by atoms with E-state index in [1.165, 1.54) is 31.1 Å². The van der Waals surface area contributed by atoms with Gasteiger partial charge >= 0.3 is 5.97 Å². The quantitative estimate of drug-likeness (QED) is 0.790. The molecule has 1 aromatic rings. The second-order valence-corrected chi connectivity index (χ2v) is 7.01. The molecule has 0 heterocycles. The Kier molecular flexibility index (Phi) is 5.14. The normalized spacial score (nSPS) is 16.6. The minimum absolute atomic E-state index is 0.202. The van der Waals surface area contributed by atoms with Gasteiger partial charge in [-0.15, -0.1) is 0 Å². The number of nitrogens with one attached hydrogen (secondary N) is 1. The summed E-state index contributed by atoms with van der Waals surface area (Å²) in [5.41, 5.74) is 0.646. The standard InChI is InChI=1S/C15H19NO4S/c17-15(18)10-7-12-5-8-14(9-6-12)21(19,20)16-11-13-3-1-2-4-13/h5-10,13,16H,1-4,11H2,(H,17,18)/b10-7+. The lowest BCUT2D eigenvalue weighted by Gasteiger charge is -2.11. The molecule has 0 atom stereocenters. The van der Waals surface area contributed by atoms with E-state index >= 15 is 0 Å². The zero-order chi connectivity index (χ0) is 15.3. The van der Waals surface area contributed by atoms with Gasteiger partial charge in [-0.3, -0.25) is 0 Å². The SMILES string of the molecule is O=C(O)/C=C/c1ccc(S(=O)(=O)NCC2CCCC2)cc1. The Bertz CT molecular complexity index is 614. The fourth-order valence-corrected chi connectivity index (χ4v) is 3.57. The van der Waals surface area contributed by atoms with Crippen LogP contribution in [0.4, 0.5) is 0 Å². The molecule has 1 aromatic carbocycles. The lowest BCUT2D eigenvalue weighted by Crippen LogP contribution is -2.28. The van der Waals surface area contributed by atoms with Crippen LogP contribution in [0.1, 0.15) is 31.2 Å². The van der Waals surface area contributed by atoms with Gasteiger partial charge in [0, 0.05) is 12.6 Å². The van der Waals surface area contributed by atoms with Crippen LogP contribution in [0, 0.1) is 5.92 Å². The van der Waals surface area contributed by atoms with Gasteiger partial charge in [0.2, 0.25) is 10.0 Å². The van der Waals surface area contributed by atoms with E-state index in [2.05, 4.69) is 4.72 Å². The molecule has 2 rings (SSSR count). The van der Waals surface area contributed by atoms with Gasteiger partial charge < -0.3 is 5.11 Å². The van der Waals surface area contributed by atoms with Crippen molar-refractivity contribution in [3.63, 3.8) is 0 Å². The Morgan fingerprint density at radius 2 is 1.86 bits per heavy atom. The molecule has 1 aliphatic rings. The van der Waals surface area contributed by atoms with Gasteiger partial charge in [-0.1, -0.05) is 25.0 Å². The summed E-state index contributed by atoms with van der Waals surface area (Å²) in [5, 5.41) is 8.54. The maximum absolute atomic E-state index is 12.1. The minimum atomic E-state index is -3.49. The summed E-state index contributed by atoms with van der Waals surface area (Å²) in [7, 11) is -3.49. The highest BCUT2D eigenvalue weighted by Crippen LogP contribution is 2.24. The highest BCUT2D eigenvalue weighted by molar-refractivity contribution is 7.89. The van der Waals surface area contributed by atoms with Crippen LogP contribution in [0.2, 0.25) is 0 Å². The number of carbonyl (C=O) groups is 1. The van der Waals surface area contributed by atoms with Crippen molar-refractivity contribution in [2.45, 2.75) is 30.6 Å². The third-order valence-electron chi connectivity index (χ3n) is 3.65. The average molecular weight is 309 g/mol. The largest absolute Gasteiger partial charge is 0.478 e. The summed E-state index contributed by atoms with van der Waals surface area (Å²) in [6, 6.07) is 6.14. The summed E-state index contributed by atoms with van der Waals surface area (Å²) in [6.45, 7) is 0.489. The maximum Gasteiger partial charge on any atom is 0.328 e. The topological polar surface area (TPSA) is 83.5 Å². The first-order chi connectivity index (χ1) is 9.97. The van der Waals surface area contributed by atoms with E-state index < -0.39 is 16.0 Å². The first-order valence-corrected chi connectivity index (χ1v) is 8.46. The number of rotatable bonds is 6. The number of carboxylic acid groups (broad SMARTS) is 1. The molecule has 5 nitrogen and oxygen atoms in total. The molecular weight excluding hydrogens is 290 g/mol. The first kappa shape index (κ1) is 15.7. The molecule has 21 heavy (non-hydrogen) atoms. The van der Waals surface area contributed by atoms with Crippen LogP contribution >= 0.6 is 0 Å². The average Bonchev–Trinajstić information content (AvgIpc) is 2.97. The zero-order valence-electron chi connectivity index (χ0n) is 11.7. The van der Waals surface area contributed by atoms with E-state index in [1.54, 1.807) is 12.1 Å². The van der Waals surface area contributed by atoms with E-state index in [0.29, 0.717) is 18.0 Å². The molecule has 0 aliphatic heterocycles. The van der Waals surface area contributed by atoms with Crippen molar-refractivity contribution in [3.05, 3.63) is 35.9 Å². The van der Waals surface area contributed by atoms with E-state index in [4.69, 9.17) is 5.11 Å². The maximum atomic E-state index is 12.1. The van der Waals surface area contributed by atoms with Crippen LogP contribution in [0.3, 0.4) is 0 Å². The van der Waals surface area contributed by atoms with Crippen molar-refractivity contribution in [2.24, 2.45) is 5.92 Å². The summed E-state index contributed by atoms with van der Waals surface area (Å²) in [4.78, 5) is 10.6. The molecular formula is C15H19NO4S. The Hall–Kier alpha value is -1.66. The third kappa shape index (κ3) is 4.68. The lowest BCUT2D eigenvalue weighted by molar-refractivity contribution is -0.131. The van der Waals surface area contributed by atoms with Gasteiger partial charge in [-0.25, -0.2) is 17.9 Å². The van der Waals surface area contributed by atoms with Crippen LogP contribution < -0.4 is 4.72 Å². The number of benzene rings is 1. The smallest absolute Gasteiger partial charge is 0.328 e. The lowest BCUT2D eigenvalue weighted by atomic mass is 10.1. The molecule has 1 fully saturated rings. The van der Waals surface area contributed by atoms with Gasteiger partial charge in [0.05, 0.1) is 4.90 Å². The van der Waals surface area contributed by atoms with E-state index in [0.717, 1.165) is 18.9 Å². The van der Waals surface area contributed by atoms with Gasteiger partial charge in [0.25, 0.3) is 0 Å². The number of aliphatic carboxylic acids is 1. The number of hydrogen-bond acceptors (Lipinski definition) is 3. The molecule has 1 aliphatic carbocycles. The molecule has 6 heteroatoms. The molecule has 0 amide bonds.